The van der Waals surface area contributed by atoms with Crippen molar-refractivity contribution in [2.45, 2.75) is 32.1 Å². The van der Waals surface area contributed by atoms with E-state index < -0.39 is 0 Å². The minimum absolute atomic E-state index is 0.0500. The maximum Gasteiger partial charge on any atom is 0.221 e. The van der Waals surface area contributed by atoms with Gasteiger partial charge < -0.3 is 14.8 Å². The van der Waals surface area contributed by atoms with Crippen molar-refractivity contribution in [2.75, 3.05) is 26.8 Å². The summed E-state index contributed by atoms with van der Waals surface area (Å²) in [6, 6.07) is 0. The highest BCUT2D eigenvalue weighted by atomic mass is 16.6. The van der Waals surface area contributed by atoms with Gasteiger partial charge in [0.1, 0.15) is 12.3 Å². The molecule has 1 aliphatic rings. The lowest BCUT2D eigenvalue weighted by atomic mass is 10.3. The van der Waals surface area contributed by atoms with E-state index in [0.717, 1.165) is 19.6 Å². The monoisotopic (exact) mass is 216 g/mol. The lowest BCUT2D eigenvalue weighted by Gasteiger charge is -2.00. The normalized spacial score (nSPS) is 23.9. The van der Waals surface area contributed by atoms with Crippen molar-refractivity contribution < 1.29 is 14.3 Å². The van der Waals surface area contributed by atoms with Gasteiger partial charge in [-0.05, 0) is 6.92 Å². The lowest BCUT2D eigenvalue weighted by Crippen LogP contribution is -2.27. The Morgan fingerprint density at radius 1 is 1.53 bits per heavy atom. The van der Waals surface area contributed by atoms with E-state index in [9.17, 15) is 4.79 Å². The summed E-state index contributed by atoms with van der Waals surface area (Å²) in [5, 5.41) is 5.73. The Bertz CT molecular complexity index is 199. The van der Waals surface area contributed by atoms with E-state index in [-0.39, 0.29) is 18.2 Å². The average Bonchev–Trinajstić information content (AvgIpc) is 2.97. The SMILES string of the molecule is CCOCCC1OC1NCCC(=O)NC. The second-order valence-corrected chi connectivity index (χ2v) is 3.46. The molecular weight excluding hydrogens is 196 g/mol. The number of hydrogen-bond acceptors (Lipinski definition) is 4. The van der Waals surface area contributed by atoms with Crippen molar-refractivity contribution in [3.63, 3.8) is 0 Å². The zero-order valence-corrected chi connectivity index (χ0v) is 9.41. The maximum absolute atomic E-state index is 10.9. The van der Waals surface area contributed by atoms with Crippen LogP contribution in [0.15, 0.2) is 0 Å². The summed E-state index contributed by atoms with van der Waals surface area (Å²) in [4.78, 5) is 10.9. The van der Waals surface area contributed by atoms with Crippen LogP contribution in [0, 0.1) is 0 Å². The van der Waals surface area contributed by atoms with Crippen LogP contribution in [0.25, 0.3) is 0 Å². The molecule has 1 heterocycles. The predicted octanol–water partition coefficient (Wildman–Crippen LogP) is -0.136. The van der Waals surface area contributed by atoms with Crippen molar-refractivity contribution in [3.8, 4) is 0 Å². The number of carbonyl (C=O) groups excluding carboxylic acids is 1. The fraction of sp³-hybridized carbons (Fsp3) is 0.900. The van der Waals surface area contributed by atoms with Crippen molar-refractivity contribution in [1.29, 1.82) is 0 Å². The van der Waals surface area contributed by atoms with Gasteiger partial charge in [0.05, 0.1) is 0 Å². The third-order valence-corrected chi connectivity index (χ3v) is 2.31. The van der Waals surface area contributed by atoms with Crippen LogP contribution in [0.4, 0.5) is 0 Å². The Morgan fingerprint density at radius 2 is 2.33 bits per heavy atom. The van der Waals surface area contributed by atoms with E-state index in [1.54, 1.807) is 7.05 Å². The van der Waals surface area contributed by atoms with Crippen LogP contribution in [0.5, 0.6) is 0 Å². The summed E-state index contributed by atoms with van der Waals surface area (Å²) in [5.41, 5.74) is 0. The van der Waals surface area contributed by atoms with Crippen LogP contribution in [-0.4, -0.2) is 45.0 Å². The maximum atomic E-state index is 10.9. The molecule has 5 nitrogen and oxygen atoms in total. The molecule has 0 radical (unpaired) electrons. The van der Waals surface area contributed by atoms with Crippen molar-refractivity contribution >= 4 is 5.91 Å². The molecule has 1 fully saturated rings. The van der Waals surface area contributed by atoms with Gasteiger partial charge in [-0.3, -0.25) is 10.1 Å². The molecular formula is C10H20N2O3. The Hall–Kier alpha value is -0.650. The summed E-state index contributed by atoms with van der Waals surface area (Å²) >= 11 is 0. The van der Waals surface area contributed by atoms with Crippen LogP contribution >= 0.6 is 0 Å². The Morgan fingerprint density at radius 3 is 3.00 bits per heavy atom. The molecule has 1 saturated heterocycles. The molecule has 88 valence electrons. The standard InChI is InChI=1S/C10H20N2O3/c1-3-14-7-5-8-10(15-8)12-6-4-9(13)11-2/h8,10,12H,3-7H2,1-2H3,(H,11,13). The molecule has 0 aromatic heterocycles. The molecule has 5 heteroatoms. The van der Waals surface area contributed by atoms with Gasteiger partial charge >= 0.3 is 0 Å². The number of carbonyl (C=O) groups is 1. The minimum atomic E-state index is 0.0500. The molecule has 15 heavy (non-hydrogen) atoms. The van der Waals surface area contributed by atoms with E-state index >= 15 is 0 Å². The third kappa shape index (κ3) is 5.11. The van der Waals surface area contributed by atoms with Crippen LogP contribution in [0.3, 0.4) is 0 Å². The Balaban J connectivity index is 1.90. The van der Waals surface area contributed by atoms with Gasteiger partial charge in [0.2, 0.25) is 5.91 Å². The highest BCUT2D eigenvalue weighted by Crippen LogP contribution is 2.22. The lowest BCUT2D eigenvalue weighted by molar-refractivity contribution is -0.120. The topological polar surface area (TPSA) is 62.9 Å². The molecule has 1 rings (SSSR count). The second kappa shape index (κ2) is 6.76. The quantitative estimate of drug-likeness (QED) is 0.438. The number of epoxide rings is 1. The minimum Gasteiger partial charge on any atom is -0.382 e. The molecule has 0 aliphatic carbocycles. The molecule has 0 aromatic rings. The number of hydrogen-bond donors (Lipinski definition) is 2. The van der Waals surface area contributed by atoms with E-state index in [1.807, 2.05) is 6.92 Å². The first-order valence-corrected chi connectivity index (χ1v) is 5.45. The van der Waals surface area contributed by atoms with E-state index in [2.05, 4.69) is 10.6 Å². The zero-order valence-electron chi connectivity index (χ0n) is 9.41. The van der Waals surface area contributed by atoms with Gasteiger partial charge in [-0.25, -0.2) is 0 Å². The number of ether oxygens (including phenoxy) is 2. The largest absolute Gasteiger partial charge is 0.382 e. The van der Waals surface area contributed by atoms with E-state index in [0.29, 0.717) is 13.0 Å². The third-order valence-electron chi connectivity index (χ3n) is 2.31. The fourth-order valence-electron chi connectivity index (χ4n) is 1.34. The van der Waals surface area contributed by atoms with Crippen LogP contribution in [0.1, 0.15) is 19.8 Å². The molecule has 2 atom stereocenters. The van der Waals surface area contributed by atoms with Crippen molar-refractivity contribution in [2.24, 2.45) is 0 Å². The van der Waals surface area contributed by atoms with E-state index in [1.165, 1.54) is 0 Å². The number of rotatable bonds is 8. The molecule has 0 aromatic carbocycles. The van der Waals surface area contributed by atoms with Gasteiger partial charge in [-0.15, -0.1) is 0 Å². The van der Waals surface area contributed by atoms with Gasteiger partial charge in [0.15, 0.2) is 0 Å². The smallest absolute Gasteiger partial charge is 0.221 e. The highest BCUT2D eigenvalue weighted by Gasteiger charge is 2.37. The van der Waals surface area contributed by atoms with Crippen molar-refractivity contribution in [3.05, 3.63) is 0 Å². The van der Waals surface area contributed by atoms with Gasteiger partial charge in [-0.2, -0.15) is 0 Å². The fourth-order valence-corrected chi connectivity index (χ4v) is 1.34. The first kappa shape index (κ1) is 12.4. The van der Waals surface area contributed by atoms with Crippen molar-refractivity contribution in [1.82, 2.24) is 10.6 Å². The first-order valence-electron chi connectivity index (χ1n) is 5.45. The van der Waals surface area contributed by atoms with Gasteiger partial charge in [0, 0.05) is 39.6 Å². The summed E-state index contributed by atoms with van der Waals surface area (Å²) in [6.07, 6.45) is 1.80. The van der Waals surface area contributed by atoms with Crippen LogP contribution in [-0.2, 0) is 14.3 Å². The Kier molecular flexibility index (Phi) is 5.60. The van der Waals surface area contributed by atoms with E-state index in [4.69, 9.17) is 9.47 Å². The van der Waals surface area contributed by atoms with Gasteiger partial charge in [-0.1, -0.05) is 0 Å². The molecule has 0 spiro atoms. The second-order valence-electron chi connectivity index (χ2n) is 3.46. The zero-order chi connectivity index (χ0) is 11.1. The number of amides is 1. The molecule has 2 unspecified atom stereocenters. The summed E-state index contributed by atoms with van der Waals surface area (Å²) in [5.74, 6) is 0.0500. The molecule has 2 N–H and O–H groups in total. The number of nitrogens with one attached hydrogen (secondary N) is 2. The molecule has 0 bridgehead atoms. The van der Waals surface area contributed by atoms with Crippen LogP contribution in [0.2, 0.25) is 0 Å². The molecule has 1 aliphatic heterocycles. The van der Waals surface area contributed by atoms with Gasteiger partial charge in [0.25, 0.3) is 0 Å². The molecule has 1 amide bonds. The summed E-state index contributed by atoms with van der Waals surface area (Å²) in [7, 11) is 1.64. The Labute approximate surface area is 90.5 Å². The first-order chi connectivity index (χ1) is 7.27. The predicted molar refractivity (Wildman–Crippen MR) is 56.5 cm³/mol. The summed E-state index contributed by atoms with van der Waals surface area (Å²) in [6.45, 7) is 4.14. The molecule has 0 saturated carbocycles. The highest BCUT2D eigenvalue weighted by molar-refractivity contribution is 5.75. The summed E-state index contributed by atoms with van der Waals surface area (Å²) < 4.78 is 10.6. The van der Waals surface area contributed by atoms with Crippen LogP contribution < -0.4 is 10.6 Å². The average molecular weight is 216 g/mol.